The molecule has 2 rings (SSSR count). The van der Waals surface area contributed by atoms with Gasteiger partial charge in [0.15, 0.2) is 0 Å². The first-order chi connectivity index (χ1) is 10.0. The van der Waals surface area contributed by atoms with Crippen molar-refractivity contribution in [1.82, 2.24) is 0 Å². The van der Waals surface area contributed by atoms with Crippen molar-refractivity contribution in [1.29, 1.82) is 0 Å². The Labute approximate surface area is 120 Å². The van der Waals surface area contributed by atoms with Crippen molar-refractivity contribution < 1.29 is 23.0 Å². The molecule has 0 atom stereocenters. The van der Waals surface area contributed by atoms with Gasteiger partial charge in [0, 0.05) is 35.5 Å². The quantitative estimate of drug-likeness (QED) is 0.941. The molecule has 1 amide bonds. The van der Waals surface area contributed by atoms with Crippen LogP contribution in [-0.4, -0.2) is 20.1 Å². The van der Waals surface area contributed by atoms with Crippen LogP contribution in [0.3, 0.4) is 0 Å². The van der Waals surface area contributed by atoms with Gasteiger partial charge in [-0.05, 0) is 12.1 Å². The largest absolute Gasteiger partial charge is 0.497 e. The summed E-state index contributed by atoms with van der Waals surface area (Å²) in [5.74, 6) is -1.31. The summed E-state index contributed by atoms with van der Waals surface area (Å²) in [5, 5.41) is 2.53. The van der Waals surface area contributed by atoms with E-state index in [1.165, 1.54) is 14.2 Å². The third-order valence-corrected chi connectivity index (χ3v) is 2.73. The topological polar surface area (TPSA) is 47.6 Å². The van der Waals surface area contributed by atoms with E-state index < -0.39 is 17.5 Å². The average Bonchev–Trinajstić information content (AvgIpc) is 2.45. The molecule has 4 nitrogen and oxygen atoms in total. The lowest BCUT2D eigenvalue weighted by molar-refractivity contribution is 0.102. The summed E-state index contributed by atoms with van der Waals surface area (Å²) in [6.07, 6.45) is 0. The molecule has 0 saturated heterocycles. The molecule has 0 aliphatic rings. The van der Waals surface area contributed by atoms with E-state index in [0.29, 0.717) is 23.3 Å². The van der Waals surface area contributed by atoms with Gasteiger partial charge in [-0.25, -0.2) is 8.78 Å². The van der Waals surface area contributed by atoms with Crippen LogP contribution in [-0.2, 0) is 0 Å². The summed E-state index contributed by atoms with van der Waals surface area (Å²) in [5.41, 5.74) is 0.273. The van der Waals surface area contributed by atoms with Crippen LogP contribution < -0.4 is 14.8 Å². The number of carbonyl (C=O) groups excluding carboxylic acids is 1. The standard InChI is InChI=1S/C15H13F2NO3/c1-20-13-6-12(7-14(8-13)21-2)18-15(19)9-3-10(16)5-11(17)4-9/h3-8H,1-2H3,(H,18,19). The second-order valence-corrected chi connectivity index (χ2v) is 4.21. The summed E-state index contributed by atoms with van der Waals surface area (Å²) >= 11 is 0. The van der Waals surface area contributed by atoms with Crippen molar-refractivity contribution in [2.45, 2.75) is 0 Å². The van der Waals surface area contributed by atoms with E-state index in [-0.39, 0.29) is 5.56 Å². The highest BCUT2D eigenvalue weighted by molar-refractivity contribution is 6.04. The molecule has 0 aliphatic heterocycles. The number of carbonyl (C=O) groups is 1. The predicted molar refractivity (Wildman–Crippen MR) is 73.9 cm³/mol. The van der Waals surface area contributed by atoms with E-state index in [9.17, 15) is 13.6 Å². The maximum atomic E-state index is 13.1. The lowest BCUT2D eigenvalue weighted by Gasteiger charge is -2.10. The molecule has 0 radical (unpaired) electrons. The maximum absolute atomic E-state index is 13.1. The van der Waals surface area contributed by atoms with Gasteiger partial charge in [-0.3, -0.25) is 4.79 Å². The molecular formula is C15H13F2NO3. The normalized spacial score (nSPS) is 10.1. The molecule has 0 heterocycles. The number of anilines is 1. The summed E-state index contributed by atoms with van der Waals surface area (Å²) < 4.78 is 36.4. The number of hydrogen-bond donors (Lipinski definition) is 1. The fourth-order valence-electron chi connectivity index (χ4n) is 1.77. The van der Waals surface area contributed by atoms with Crippen molar-refractivity contribution >= 4 is 11.6 Å². The van der Waals surface area contributed by atoms with Gasteiger partial charge in [0.1, 0.15) is 23.1 Å². The first-order valence-electron chi connectivity index (χ1n) is 6.02. The minimum absolute atomic E-state index is 0.116. The molecule has 0 aliphatic carbocycles. The first-order valence-corrected chi connectivity index (χ1v) is 6.02. The fraction of sp³-hybridized carbons (Fsp3) is 0.133. The summed E-state index contributed by atoms with van der Waals surface area (Å²) in [4.78, 5) is 12.0. The maximum Gasteiger partial charge on any atom is 0.255 e. The molecule has 2 aromatic carbocycles. The van der Waals surface area contributed by atoms with Gasteiger partial charge < -0.3 is 14.8 Å². The second kappa shape index (κ2) is 6.21. The van der Waals surface area contributed by atoms with E-state index >= 15 is 0 Å². The Bertz CT molecular complexity index is 631. The highest BCUT2D eigenvalue weighted by atomic mass is 19.1. The lowest BCUT2D eigenvalue weighted by Crippen LogP contribution is -2.12. The van der Waals surface area contributed by atoms with Crippen LogP contribution in [0.5, 0.6) is 11.5 Å². The fourth-order valence-corrected chi connectivity index (χ4v) is 1.77. The van der Waals surface area contributed by atoms with Crippen molar-refractivity contribution in [2.75, 3.05) is 19.5 Å². The Morgan fingerprint density at radius 1 is 0.905 bits per heavy atom. The van der Waals surface area contributed by atoms with Gasteiger partial charge >= 0.3 is 0 Å². The zero-order valence-corrected chi connectivity index (χ0v) is 11.4. The van der Waals surface area contributed by atoms with Gasteiger partial charge in [0.25, 0.3) is 5.91 Å². The van der Waals surface area contributed by atoms with Crippen molar-refractivity contribution in [3.63, 3.8) is 0 Å². The van der Waals surface area contributed by atoms with Crippen molar-refractivity contribution in [3.05, 3.63) is 53.6 Å². The molecule has 0 fully saturated rings. The van der Waals surface area contributed by atoms with E-state index in [1.54, 1.807) is 18.2 Å². The summed E-state index contributed by atoms with van der Waals surface area (Å²) in [7, 11) is 2.95. The molecule has 0 bridgehead atoms. The van der Waals surface area contributed by atoms with Crippen LogP contribution in [0.25, 0.3) is 0 Å². The number of hydrogen-bond acceptors (Lipinski definition) is 3. The van der Waals surface area contributed by atoms with Gasteiger partial charge in [0.2, 0.25) is 0 Å². The van der Waals surface area contributed by atoms with Crippen LogP contribution in [0.2, 0.25) is 0 Å². The van der Waals surface area contributed by atoms with Crippen LogP contribution >= 0.6 is 0 Å². The highest BCUT2D eigenvalue weighted by Gasteiger charge is 2.11. The Hall–Kier alpha value is -2.63. The molecule has 0 saturated carbocycles. The molecule has 6 heteroatoms. The summed E-state index contributed by atoms with van der Waals surface area (Å²) in [6.45, 7) is 0. The van der Waals surface area contributed by atoms with Gasteiger partial charge in [-0.15, -0.1) is 0 Å². The zero-order chi connectivity index (χ0) is 15.4. The minimum atomic E-state index is -0.816. The number of nitrogens with one attached hydrogen (secondary N) is 1. The van der Waals surface area contributed by atoms with E-state index in [4.69, 9.17) is 9.47 Å². The lowest BCUT2D eigenvalue weighted by atomic mass is 10.2. The van der Waals surface area contributed by atoms with Crippen molar-refractivity contribution in [3.8, 4) is 11.5 Å². The monoisotopic (exact) mass is 293 g/mol. The van der Waals surface area contributed by atoms with Gasteiger partial charge in [-0.2, -0.15) is 0 Å². The van der Waals surface area contributed by atoms with Gasteiger partial charge in [-0.1, -0.05) is 0 Å². The Balaban J connectivity index is 2.26. The van der Waals surface area contributed by atoms with E-state index in [0.717, 1.165) is 12.1 Å². The number of halogens is 2. The molecule has 0 unspecified atom stereocenters. The Morgan fingerprint density at radius 2 is 1.43 bits per heavy atom. The minimum Gasteiger partial charge on any atom is -0.497 e. The number of benzene rings is 2. The number of rotatable bonds is 4. The molecule has 2 aromatic rings. The van der Waals surface area contributed by atoms with Crippen LogP contribution in [0.15, 0.2) is 36.4 Å². The van der Waals surface area contributed by atoms with Crippen LogP contribution in [0, 0.1) is 11.6 Å². The summed E-state index contributed by atoms with van der Waals surface area (Å²) in [6, 6.07) is 7.38. The van der Waals surface area contributed by atoms with Crippen LogP contribution in [0.4, 0.5) is 14.5 Å². The third kappa shape index (κ3) is 3.68. The molecule has 0 aromatic heterocycles. The number of methoxy groups -OCH3 is 2. The van der Waals surface area contributed by atoms with E-state index in [2.05, 4.69) is 5.32 Å². The first kappa shape index (κ1) is 14.8. The molecule has 1 N–H and O–H groups in total. The number of ether oxygens (including phenoxy) is 2. The Morgan fingerprint density at radius 3 is 1.90 bits per heavy atom. The van der Waals surface area contributed by atoms with Gasteiger partial charge in [0.05, 0.1) is 14.2 Å². The molecule has 110 valence electrons. The highest BCUT2D eigenvalue weighted by Crippen LogP contribution is 2.26. The number of amides is 1. The van der Waals surface area contributed by atoms with Crippen LogP contribution in [0.1, 0.15) is 10.4 Å². The van der Waals surface area contributed by atoms with E-state index in [1.807, 2.05) is 0 Å². The Kier molecular flexibility index (Phi) is 4.37. The predicted octanol–water partition coefficient (Wildman–Crippen LogP) is 3.23. The molecular weight excluding hydrogens is 280 g/mol. The SMILES string of the molecule is COc1cc(NC(=O)c2cc(F)cc(F)c2)cc(OC)c1. The van der Waals surface area contributed by atoms with Crippen molar-refractivity contribution in [2.24, 2.45) is 0 Å². The smallest absolute Gasteiger partial charge is 0.255 e. The molecule has 21 heavy (non-hydrogen) atoms. The molecule has 0 spiro atoms. The third-order valence-electron chi connectivity index (χ3n) is 2.73. The average molecular weight is 293 g/mol. The second-order valence-electron chi connectivity index (χ2n) is 4.21. The zero-order valence-electron chi connectivity index (χ0n) is 11.4.